The molecule has 0 aliphatic carbocycles. The summed E-state index contributed by atoms with van der Waals surface area (Å²) in [4.78, 5) is 30.4. The smallest absolute Gasteiger partial charge is 0.290 e. The molecule has 0 saturated carbocycles. The molecule has 1 amide bonds. The third-order valence-electron chi connectivity index (χ3n) is 4.81. The Hall–Kier alpha value is -1.91. The second-order valence-electron chi connectivity index (χ2n) is 6.61. The number of nitrogens with zero attached hydrogens (tertiary/aromatic N) is 2. The summed E-state index contributed by atoms with van der Waals surface area (Å²) in [6, 6.07) is 9.39. The van der Waals surface area contributed by atoms with Crippen molar-refractivity contribution in [3.8, 4) is 0 Å². The number of ketones is 1. The van der Waals surface area contributed by atoms with Crippen LogP contribution < -0.4 is 0 Å². The van der Waals surface area contributed by atoms with E-state index in [1.54, 1.807) is 17.0 Å². The molecule has 0 spiro atoms. The zero-order valence-corrected chi connectivity index (χ0v) is 16.1. The van der Waals surface area contributed by atoms with Gasteiger partial charge in [0, 0.05) is 30.0 Å². The number of rotatable bonds is 4. The van der Waals surface area contributed by atoms with Crippen LogP contribution in [-0.4, -0.2) is 34.7 Å². The molecule has 1 aliphatic heterocycles. The van der Waals surface area contributed by atoms with Crippen molar-refractivity contribution in [2.24, 2.45) is 0 Å². The number of carbonyl (C=O) groups is 2. The molecule has 0 atom stereocenters. The molecule has 1 aromatic carbocycles. The zero-order valence-electron chi connectivity index (χ0n) is 14.5. The van der Waals surface area contributed by atoms with E-state index in [1.165, 1.54) is 6.20 Å². The number of halogens is 2. The molecule has 1 fully saturated rings. The molecule has 1 aromatic heterocycles. The highest BCUT2D eigenvalue weighted by atomic mass is 35.5. The first-order valence-corrected chi connectivity index (χ1v) is 9.39. The van der Waals surface area contributed by atoms with Gasteiger partial charge in [0.2, 0.25) is 5.78 Å². The Labute approximate surface area is 163 Å². The second kappa shape index (κ2) is 8.19. The number of carbonyl (C=O) groups excluding carboxylic acids is 2. The molecule has 0 radical (unpaired) electrons. The summed E-state index contributed by atoms with van der Waals surface area (Å²) in [6.45, 7) is 3.12. The van der Waals surface area contributed by atoms with Crippen molar-refractivity contribution in [3.05, 3.63) is 63.4 Å². The van der Waals surface area contributed by atoms with Crippen LogP contribution in [-0.2, 0) is 16.0 Å². The minimum atomic E-state index is -0.438. The largest absolute Gasteiger partial charge is 0.336 e. The normalized spacial score (nSPS) is 15.1. The number of pyridine rings is 1. The number of likely N-dealkylation sites (tertiary alicyclic amines) is 1. The lowest BCUT2D eigenvalue weighted by Crippen LogP contribution is -2.42. The number of piperidine rings is 1. The van der Waals surface area contributed by atoms with Crippen LogP contribution in [0.25, 0.3) is 0 Å². The monoisotopic (exact) mass is 390 g/mol. The quantitative estimate of drug-likeness (QED) is 0.734. The fourth-order valence-electron chi connectivity index (χ4n) is 3.31. The van der Waals surface area contributed by atoms with Gasteiger partial charge in [0.15, 0.2) is 0 Å². The average Bonchev–Trinajstić information content (AvgIpc) is 2.65. The molecular formula is C20H20Cl2N2O2. The lowest BCUT2D eigenvalue weighted by Gasteiger charge is -2.32. The maximum Gasteiger partial charge on any atom is 0.290 e. The van der Waals surface area contributed by atoms with Crippen LogP contribution in [0.1, 0.15) is 35.6 Å². The van der Waals surface area contributed by atoms with Crippen molar-refractivity contribution in [1.82, 2.24) is 9.88 Å². The number of hydrogen-bond acceptors (Lipinski definition) is 3. The average molecular weight is 391 g/mol. The lowest BCUT2D eigenvalue weighted by molar-refractivity contribution is -0.145. The molecule has 3 rings (SSSR count). The topological polar surface area (TPSA) is 50.3 Å². The standard InChI is InChI=1S/C20H20Cl2N2O2/c1-13-3-2-4-17(19(13)22)14-7-9-24(10-8-14)20(26)18(25)11-16-6-5-15(21)12-23-16/h2-6,12,14H,7-11H2,1H3. The minimum Gasteiger partial charge on any atom is -0.336 e. The Bertz CT molecular complexity index is 813. The van der Waals surface area contributed by atoms with E-state index in [9.17, 15) is 9.59 Å². The van der Waals surface area contributed by atoms with E-state index >= 15 is 0 Å². The summed E-state index contributed by atoms with van der Waals surface area (Å²) < 4.78 is 0. The number of aryl methyl sites for hydroxylation is 1. The van der Waals surface area contributed by atoms with Gasteiger partial charge in [-0.1, -0.05) is 41.4 Å². The van der Waals surface area contributed by atoms with Gasteiger partial charge >= 0.3 is 0 Å². The first-order valence-electron chi connectivity index (χ1n) is 8.63. The van der Waals surface area contributed by atoms with Crippen molar-refractivity contribution < 1.29 is 9.59 Å². The van der Waals surface area contributed by atoms with E-state index < -0.39 is 11.7 Å². The number of hydrogen-bond donors (Lipinski definition) is 0. The minimum absolute atomic E-state index is 0.000358. The van der Waals surface area contributed by atoms with E-state index in [-0.39, 0.29) is 6.42 Å². The molecular weight excluding hydrogens is 371 g/mol. The predicted octanol–water partition coefficient (Wildman–Crippen LogP) is 4.21. The lowest BCUT2D eigenvalue weighted by atomic mass is 9.88. The summed E-state index contributed by atoms with van der Waals surface area (Å²) in [5.74, 6) is -0.554. The first-order chi connectivity index (χ1) is 12.5. The van der Waals surface area contributed by atoms with Crippen LogP contribution in [0.2, 0.25) is 10.0 Å². The highest BCUT2D eigenvalue weighted by Crippen LogP contribution is 2.34. The van der Waals surface area contributed by atoms with Crippen LogP contribution in [0.4, 0.5) is 0 Å². The van der Waals surface area contributed by atoms with Gasteiger partial charge in [0.1, 0.15) is 0 Å². The summed E-state index contributed by atoms with van der Waals surface area (Å²) >= 11 is 12.2. The fraction of sp³-hybridized carbons (Fsp3) is 0.350. The number of aromatic nitrogens is 1. The number of Topliss-reactive ketones (excluding diaryl/α,β-unsaturated/α-hetero) is 1. The van der Waals surface area contributed by atoms with E-state index in [4.69, 9.17) is 23.2 Å². The van der Waals surface area contributed by atoms with E-state index in [2.05, 4.69) is 11.1 Å². The van der Waals surface area contributed by atoms with Crippen LogP contribution in [0.3, 0.4) is 0 Å². The Balaban J connectivity index is 1.58. The third kappa shape index (κ3) is 4.25. The molecule has 0 bridgehead atoms. The van der Waals surface area contributed by atoms with Crippen molar-refractivity contribution in [1.29, 1.82) is 0 Å². The molecule has 26 heavy (non-hydrogen) atoms. The van der Waals surface area contributed by atoms with Crippen molar-refractivity contribution in [3.63, 3.8) is 0 Å². The summed E-state index contributed by atoms with van der Waals surface area (Å²) in [5.41, 5.74) is 2.75. The van der Waals surface area contributed by atoms with Gasteiger partial charge in [-0.3, -0.25) is 14.6 Å². The van der Waals surface area contributed by atoms with Gasteiger partial charge in [0.25, 0.3) is 5.91 Å². The van der Waals surface area contributed by atoms with E-state index in [0.717, 1.165) is 29.0 Å². The highest BCUT2D eigenvalue weighted by Gasteiger charge is 2.28. The summed E-state index contributed by atoms with van der Waals surface area (Å²) in [5, 5.41) is 1.31. The van der Waals surface area contributed by atoms with Gasteiger partial charge in [0.05, 0.1) is 11.4 Å². The SMILES string of the molecule is Cc1cccc(C2CCN(C(=O)C(=O)Cc3ccc(Cl)cn3)CC2)c1Cl. The van der Waals surface area contributed by atoms with E-state index in [1.807, 2.05) is 19.1 Å². The predicted molar refractivity (Wildman–Crippen MR) is 103 cm³/mol. The first kappa shape index (κ1) is 18.9. The zero-order chi connectivity index (χ0) is 18.7. The third-order valence-corrected chi connectivity index (χ3v) is 5.55. The van der Waals surface area contributed by atoms with Crippen LogP contribution in [0.15, 0.2) is 36.5 Å². The number of amides is 1. The fourth-order valence-corrected chi connectivity index (χ4v) is 3.70. The summed E-state index contributed by atoms with van der Waals surface area (Å²) in [7, 11) is 0. The van der Waals surface area contributed by atoms with Crippen molar-refractivity contribution in [2.45, 2.75) is 32.1 Å². The van der Waals surface area contributed by atoms with Gasteiger partial charge in [-0.05, 0) is 48.9 Å². The van der Waals surface area contributed by atoms with Crippen LogP contribution in [0.5, 0.6) is 0 Å². The molecule has 6 heteroatoms. The molecule has 0 unspecified atom stereocenters. The van der Waals surface area contributed by atoms with E-state index in [0.29, 0.717) is 29.7 Å². The molecule has 1 aliphatic rings. The van der Waals surface area contributed by atoms with Gasteiger partial charge in [-0.2, -0.15) is 0 Å². The molecule has 1 saturated heterocycles. The Morgan fingerprint density at radius 2 is 1.88 bits per heavy atom. The molecule has 136 valence electrons. The maximum absolute atomic E-state index is 12.4. The van der Waals surface area contributed by atoms with Crippen molar-refractivity contribution in [2.75, 3.05) is 13.1 Å². The van der Waals surface area contributed by atoms with Crippen LogP contribution >= 0.6 is 23.2 Å². The number of benzene rings is 1. The van der Waals surface area contributed by atoms with Crippen LogP contribution in [0, 0.1) is 6.92 Å². The molecule has 2 aromatic rings. The second-order valence-corrected chi connectivity index (χ2v) is 7.43. The Morgan fingerprint density at radius 1 is 1.15 bits per heavy atom. The summed E-state index contributed by atoms with van der Waals surface area (Å²) in [6.07, 6.45) is 3.09. The highest BCUT2D eigenvalue weighted by molar-refractivity contribution is 6.36. The molecule has 0 N–H and O–H groups in total. The van der Waals surface area contributed by atoms with Gasteiger partial charge in [-0.15, -0.1) is 0 Å². The maximum atomic E-state index is 12.4. The molecule has 2 heterocycles. The van der Waals surface area contributed by atoms with Crippen molar-refractivity contribution >= 4 is 34.9 Å². The Morgan fingerprint density at radius 3 is 2.54 bits per heavy atom. The van der Waals surface area contributed by atoms with Gasteiger partial charge in [-0.25, -0.2) is 0 Å². The van der Waals surface area contributed by atoms with Gasteiger partial charge < -0.3 is 4.90 Å². The molecule has 4 nitrogen and oxygen atoms in total. The Kier molecular flexibility index (Phi) is 5.94.